The topological polar surface area (TPSA) is 61.7 Å². The Hall–Kier alpha value is -1.32. The summed E-state index contributed by atoms with van der Waals surface area (Å²) in [5.41, 5.74) is -0.372. The Morgan fingerprint density at radius 3 is 2.91 bits per heavy atom. The van der Waals surface area contributed by atoms with Crippen LogP contribution in [0.5, 0.6) is 0 Å². The van der Waals surface area contributed by atoms with Gasteiger partial charge in [0.2, 0.25) is 0 Å². The molecule has 0 saturated carbocycles. The molecule has 1 heterocycles. The van der Waals surface area contributed by atoms with E-state index < -0.39 is 6.03 Å². The van der Waals surface area contributed by atoms with Crippen molar-refractivity contribution in [2.75, 3.05) is 0 Å². The van der Waals surface area contributed by atoms with Gasteiger partial charge in [0.05, 0.1) is 0 Å². The molecule has 0 fully saturated rings. The number of hydrogen-bond donors (Lipinski definition) is 2. The molecule has 2 amide bonds. The summed E-state index contributed by atoms with van der Waals surface area (Å²) >= 11 is 0. The van der Waals surface area contributed by atoms with Crippen LogP contribution in [-0.4, -0.2) is 17.4 Å². The summed E-state index contributed by atoms with van der Waals surface area (Å²) in [6.45, 7) is 3.68. The van der Waals surface area contributed by atoms with Crippen LogP contribution in [0.25, 0.3) is 0 Å². The first-order valence-electron chi connectivity index (χ1n) is 3.28. The fourth-order valence-corrected chi connectivity index (χ4v) is 0.793. The van der Waals surface area contributed by atoms with Crippen LogP contribution in [0.1, 0.15) is 13.8 Å². The third-order valence-corrected chi connectivity index (χ3v) is 1.26. The number of rotatable bonds is 0. The van der Waals surface area contributed by atoms with Gasteiger partial charge >= 0.3 is 6.03 Å². The Morgan fingerprint density at radius 1 is 1.64 bits per heavy atom. The van der Waals surface area contributed by atoms with Crippen LogP contribution in [-0.2, 0) is 0 Å². The number of nitrogens with one attached hydrogen (secondary N) is 1. The molecule has 1 rings (SSSR count). The number of nitrogens with zero attached hydrogens (tertiary/aromatic N) is 1. The van der Waals surface area contributed by atoms with Crippen LogP contribution >= 0.6 is 0 Å². The van der Waals surface area contributed by atoms with Gasteiger partial charge in [-0.25, -0.2) is 9.79 Å². The Balaban J connectivity index is 2.95. The van der Waals surface area contributed by atoms with Crippen LogP contribution in [0, 0.1) is 5.41 Å². The lowest BCUT2D eigenvalue weighted by atomic mass is 9.95. The van der Waals surface area contributed by atoms with Crippen LogP contribution < -0.4 is 5.32 Å². The van der Waals surface area contributed by atoms with Crippen molar-refractivity contribution < 1.29 is 9.90 Å². The summed E-state index contributed by atoms with van der Waals surface area (Å²) in [4.78, 5) is 14.2. The molecule has 0 aliphatic carbocycles. The highest BCUT2D eigenvalue weighted by Crippen LogP contribution is 2.16. The maximum Gasteiger partial charge on any atom is 0.347 e. The Labute approximate surface area is 64.6 Å². The molecule has 0 aromatic carbocycles. The van der Waals surface area contributed by atoms with Gasteiger partial charge in [-0.3, -0.25) is 5.32 Å². The normalized spacial score (nSPS) is 22.0. The number of urea groups is 1. The number of aliphatic hydroxyl groups excluding tert-OH is 1. The summed E-state index contributed by atoms with van der Waals surface area (Å²) in [6, 6.07) is -0.538. The fraction of sp³-hybridized carbons (Fsp3) is 0.429. The average molecular weight is 154 g/mol. The minimum Gasteiger partial charge on any atom is -0.495 e. The van der Waals surface area contributed by atoms with Crippen molar-refractivity contribution in [3.8, 4) is 0 Å². The first-order valence-corrected chi connectivity index (χ1v) is 3.28. The van der Waals surface area contributed by atoms with E-state index in [9.17, 15) is 4.79 Å². The average Bonchev–Trinajstić information content (AvgIpc) is 1.90. The van der Waals surface area contributed by atoms with E-state index in [1.54, 1.807) is 0 Å². The lowest BCUT2D eigenvalue weighted by Crippen LogP contribution is -2.17. The first-order chi connectivity index (χ1) is 4.99. The Kier molecular flexibility index (Phi) is 1.68. The summed E-state index contributed by atoms with van der Waals surface area (Å²) < 4.78 is 0. The molecule has 60 valence electrons. The van der Waals surface area contributed by atoms with Gasteiger partial charge in [0, 0.05) is 11.6 Å². The maximum atomic E-state index is 10.7. The Morgan fingerprint density at radius 2 is 2.27 bits per heavy atom. The smallest absolute Gasteiger partial charge is 0.347 e. The maximum absolute atomic E-state index is 10.7. The summed E-state index contributed by atoms with van der Waals surface area (Å²) in [7, 11) is 0. The molecule has 1 aliphatic rings. The predicted octanol–water partition coefficient (Wildman–Crippen LogP) is 1.21. The van der Waals surface area contributed by atoms with Gasteiger partial charge in [-0.05, 0) is 6.08 Å². The van der Waals surface area contributed by atoms with E-state index in [0.717, 1.165) is 0 Å². The molecule has 0 spiro atoms. The van der Waals surface area contributed by atoms with Gasteiger partial charge in [0.15, 0.2) is 5.88 Å². The van der Waals surface area contributed by atoms with E-state index >= 15 is 0 Å². The number of allylic oxidation sites excluding steroid dienone is 1. The second-order valence-corrected chi connectivity index (χ2v) is 3.04. The van der Waals surface area contributed by atoms with Crippen molar-refractivity contribution in [2.45, 2.75) is 13.8 Å². The summed E-state index contributed by atoms with van der Waals surface area (Å²) in [5.74, 6) is -0.141. The van der Waals surface area contributed by atoms with Crippen LogP contribution in [0.3, 0.4) is 0 Å². The van der Waals surface area contributed by atoms with Crippen molar-refractivity contribution in [3.63, 3.8) is 0 Å². The molecular formula is C7H10N2O2. The molecular weight excluding hydrogens is 144 g/mol. The van der Waals surface area contributed by atoms with Gasteiger partial charge < -0.3 is 5.11 Å². The molecule has 0 aromatic rings. The zero-order valence-corrected chi connectivity index (χ0v) is 6.46. The summed E-state index contributed by atoms with van der Waals surface area (Å²) in [5, 5.41) is 11.2. The molecule has 11 heavy (non-hydrogen) atoms. The van der Waals surface area contributed by atoms with E-state index in [-0.39, 0.29) is 11.3 Å². The highest BCUT2D eigenvalue weighted by atomic mass is 16.3. The Bertz CT molecular complexity index is 241. The predicted molar refractivity (Wildman–Crippen MR) is 41.5 cm³/mol. The molecule has 0 radical (unpaired) electrons. The molecule has 0 bridgehead atoms. The van der Waals surface area contributed by atoms with Crippen molar-refractivity contribution in [1.82, 2.24) is 5.32 Å². The monoisotopic (exact) mass is 154 g/mol. The van der Waals surface area contributed by atoms with E-state index in [1.165, 1.54) is 12.3 Å². The zero-order chi connectivity index (χ0) is 8.48. The van der Waals surface area contributed by atoms with Crippen LogP contribution in [0.4, 0.5) is 4.79 Å². The molecule has 4 nitrogen and oxygen atoms in total. The zero-order valence-electron chi connectivity index (χ0n) is 6.46. The number of amides is 2. The van der Waals surface area contributed by atoms with Gasteiger partial charge in [-0.2, -0.15) is 0 Å². The highest BCUT2D eigenvalue weighted by Gasteiger charge is 2.17. The second-order valence-electron chi connectivity index (χ2n) is 3.04. The molecule has 1 aliphatic heterocycles. The SMILES string of the molecule is CC1(C)C=NC(=O)NC(O)=C1. The van der Waals surface area contributed by atoms with Crippen LogP contribution in [0.15, 0.2) is 17.0 Å². The fourth-order valence-electron chi connectivity index (χ4n) is 0.793. The van der Waals surface area contributed by atoms with Crippen LogP contribution in [0.2, 0.25) is 0 Å². The van der Waals surface area contributed by atoms with Gasteiger partial charge in [0.25, 0.3) is 0 Å². The largest absolute Gasteiger partial charge is 0.495 e. The quantitative estimate of drug-likeness (QED) is 0.550. The molecule has 0 saturated heterocycles. The molecule has 4 heteroatoms. The van der Waals surface area contributed by atoms with Crippen molar-refractivity contribution in [2.24, 2.45) is 10.4 Å². The number of aliphatic hydroxyl groups is 1. The van der Waals surface area contributed by atoms with E-state index in [2.05, 4.69) is 10.3 Å². The lowest BCUT2D eigenvalue weighted by molar-refractivity contribution is 0.245. The first kappa shape index (κ1) is 7.78. The third kappa shape index (κ3) is 2.07. The van der Waals surface area contributed by atoms with Gasteiger partial charge in [0.1, 0.15) is 0 Å². The molecule has 0 aromatic heterocycles. The molecule has 2 N–H and O–H groups in total. The van der Waals surface area contributed by atoms with Gasteiger partial charge in [-0.1, -0.05) is 13.8 Å². The summed E-state index contributed by atoms with van der Waals surface area (Å²) in [6.07, 6.45) is 3.02. The van der Waals surface area contributed by atoms with Crippen molar-refractivity contribution in [3.05, 3.63) is 12.0 Å². The number of hydrogen-bond acceptors (Lipinski definition) is 2. The highest BCUT2D eigenvalue weighted by molar-refractivity contribution is 5.88. The number of carbonyl (C=O) groups excluding carboxylic acids is 1. The molecule has 0 atom stereocenters. The van der Waals surface area contributed by atoms with E-state index in [1.807, 2.05) is 13.8 Å². The van der Waals surface area contributed by atoms with Gasteiger partial charge in [-0.15, -0.1) is 0 Å². The number of aliphatic imine (C=N–C) groups is 1. The van der Waals surface area contributed by atoms with Crippen molar-refractivity contribution >= 4 is 12.2 Å². The third-order valence-electron chi connectivity index (χ3n) is 1.26. The number of carbonyl (C=O) groups is 1. The second kappa shape index (κ2) is 2.38. The van der Waals surface area contributed by atoms with E-state index in [0.29, 0.717) is 0 Å². The minimum absolute atomic E-state index is 0.141. The lowest BCUT2D eigenvalue weighted by Gasteiger charge is -2.10. The minimum atomic E-state index is -0.538. The molecule has 0 unspecified atom stereocenters. The van der Waals surface area contributed by atoms with Crippen molar-refractivity contribution in [1.29, 1.82) is 0 Å². The standard InChI is InChI=1S/C7H10N2O2/c1-7(2)3-5(10)9-6(11)8-4-7/h3-4,10H,1-2H3,(H,9,11). The van der Waals surface area contributed by atoms with E-state index in [4.69, 9.17) is 5.11 Å².